The minimum atomic E-state index is -0.0154. The molecule has 1 heterocycles. The Morgan fingerprint density at radius 3 is 3.00 bits per heavy atom. The molecule has 1 rings (SSSR count). The van der Waals surface area contributed by atoms with Crippen LogP contribution < -0.4 is 5.32 Å². The fourth-order valence-corrected chi connectivity index (χ4v) is 2.35. The Hall–Kier alpha value is -0.610. The Labute approximate surface area is 98.3 Å². The van der Waals surface area contributed by atoms with E-state index in [1.165, 1.54) is 6.42 Å². The number of amides is 1. The summed E-state index contributed by atoms with van der Waals surface area (Å²) in [5.74, 6) is 0.832. The van der Waals surface area contributed by atoms with E-state index in [9.17, 15) is 4.79 Å². The highest BCUT2D eigenvalue weighted by Gasteiger charge is 2.26. The number of piperidine rings is 1. The summed E-state index contributed by atoms with van der Waals surface area (Å²) in [4.78, 5) is 14.1. The van der Waals surface area contributed by atoms with Crippen LogP contribution in [0.4, 0.5) is 0 Å². The molecule has 1 aliphatic heterocycles. The molecule has 4 heteroatoms. The van der Waals surface area contributed by atoms with Crippen molar-refractivity contribution in [3.63, 3.8) is 0 Å². The Morgan fingerprint density at radius 1 is 1.62 bits per heavy atom. The molecule has 1 amide bonds. The maximum absolute atomic E-state index is 12.1. The van der Waals surface area contributed by atoms with Gasteiger partial charge in [-0.1, -0.05) is 6.92 Å². The Bertz CT molecular complexity index is 219. The van der Waals surface area contributed by atoms with Crippen molar-refractivity contribution in [3.8, 4) is 0 Å². The summed E-state index contributed by atoms with van der Waals surface area (Å²) in [7, 11) is 3.61. The number of methoxy groups -OCH3 is 1. The maximum Gasteiger partial charge on any atom is 0.227 e. The summed E-state index contributed by atoms with van der Waals surface area (Å²) in [5.41, 5.74) is 0. The van der Waals surface area contributed by atoms with Crippen molar-refractivity contribution in [2.24, 2.45) is 11.8 Å². The first-order chi connectivity index (χ1) is 7.69. The molecule has 1 aliphatic rings. The van der Waals surface area contributed by atoms with Crippen molar-refractivity contribution < 1.29 is 9.53 Å². The SMILES string of the molecule is CNCC1CCCN(C(=O)C(C)COC)C1. The Morgan fingerprint density at radius 2 is 2.38 bits per heavy atom. The molecule has 0 aliphatic carbocycles. The van der Waals surface area contributed by atoms with Crippen molar-refractivity contribution in [1.29, 1.82) is 0 Å². The smallest absolute Gasteiger partial charge is 0.227 e. The second kappa shape index (κ2) is 6.86. The lowest BCUT2D eigenvalue weighted by Crippen LogP contribution is -2.45. The van der Waals surface area contributed by atoms with E-state index in [2.05, 4.69) is 5.32 Å². The highest BCUT2D eigenvalue weighted by molar-refractivity contribution is 5.78. The first-order valence-corrected chi connectivity index (χ1v) is 6.11. The van der Waals surface area contributed by atoms with Gasteiger partial charge in [0.25, 0.3) is 0 Å². The van der Waals surface area contributed by atoms with Crippen LogP contribution in [0.1, 0.15) is 19.8 Å². The van der Waals surface area contributed by atoms with E-state index in [1.807, 2.05) is 18.9 Å². The second-order valence-electron chi connectivity index (χ2n) is 4.71. The van der Waals surface area contributed by atoms with Gasteiger partial charge in [-0.3, -0.25) is 4.79 Å². The molecule has 0 aromatic carbocycles. The summed E-state index contributed by atoms with van der Waals surface area (Å²) in [5, 5.41) is 3.19. The first kappa shape index (κ1) is 13.5. The number of carbonyl (C=O) groups excluding carboxylic acids is 1. The van der Waals surface area contributed by atoms with Crippen molar-refractivity contribution >= 4 is 5.91 Å². The highest BCUT2D eigenvalue weighted by atomic mass is 16.5. The molecule has 4 nitrogen and oxygen atoms in total. The third-order valence-corrected chi connectivity index (χ3v) is 3.16. The van der Waals surface area contributed by atoms with Crippen LogP contribution in [0, 0.1) is 11.8 Å². The Balaban J connectivity index is 2.43. The Kier molecular flexibility index (Phi) is 5.77. The summed E-state index contributed by atoms with van der Waals surface area (Å²) >= 11 is 0. The van der Waals surface area contributed by atoms with Gasteiger partial charge in [0, 0.05) is 20.2 Å². The molecule has 0 aromatic rings. The van der Waals surface area contributed by atoms with Gasteiger partial charge >= 0.3 is 0 Å². The van der Waals surface area contributed by atoms with Crippen molar-refractivity contribution in [2.75, 3.05) is 40.4 Å². The number of hydrogen-bond acceptors (Lipinski definition) is 3. The summed E-state index contributed by atoms with van der Waals surface area (Å²) in [6, 6.07) is 0. The van der Waals surface area contributed by atoms with Crippen LogP contribution in [0.25, 0.3) is 0 Å². The molecule has 0 radical (unpaired) electrons. The molecule has 1 fully saturated rings. The molecule has 0 saturated carbocycles. The molecule has 0 spiro atoms. The lowest BCUT2D eigenvalue weighted by Gasteiger charge is -2.34. The zero-order chi connectivity index (χ0) is 12.0. The van der Waals surface area contributed by atoms with E-state index >= 15 is 0 Å². The number of hydrogen-bond donors (Lipinski definition) is 1. The first-order valence-electron chi connectivity index (χ1n) is 6.11. The topological polar surface area (TPSA) is 41.6 Å². The van der Waals surface area contributed by atoms with Crippen molar-refractivity contribution in [1.82, 2.24) is 10.2 Å². The summed E-state index contributed by atoms with van der Waals surface area (Å²) in [6.45, 7) is 5.27. The minimum absolute atomic E-state index is 0.0154. The molecule has 1 saturated heterocycles. The average Bonchev–Trinajstić information content (AvgIpc) is 2.29. The van der Waals surface area contributed by atoms with Crippen LogP contribution in [0.3, 0.4) is 0 Å². The molecule has 2 atom stereocenters. The second-order valence-corrected chi connectivity index (χ2v) is 4.71. The van der Waals surface area contributed by atoms with Gasteiger partial charge in [-0.25, -0.2) is 0 Å². The average molecular weight is 228 g/mol. The van der Waals surface area contributed by atoms with Crippen molar-refractivity contribution in [3.05, 3.63) is 0 Å². The number of carbonyl (C=O) groups is 1. The van der Waals surface area contributed by atoms with Crippen LogP contribution >= 0.6 is 0 Å². The van der Waals surface area contributed by atoms with Crippen LogP contribution in [-0.2, 0) is 9.53 Å². The van der Waals surface area contributed by atoms with E-state index in [0.29, 0.717) is 12.5 Å². The lowest BCUT2D eigenvalue weighted by molar-refractivity contribution is -0.138. The van der Waals surface area contributed by atoms with Gasteiger partial charge in [0.2, 0.25) is 5.91 Å². The lowest BCUT2D eigenvalue weighted by atomic mass is 9.97. The molecular formula is C12H24N2O2. The number of nitrogens with zero attached hydrogens (tertiary/aromatic N) is 1. The number of likely N-dealkylation sites (tertiary alicyclic amines) is 1. The van der Waals surface area contributed by atoms with E-state index in [-0.39, 0.29) is 11.8 Å². The standard InChI is InChI=1S/C12H24N2O2/c1-10(9-16-3)12(15)14-6-4-5-11(8-14)7-13-2/h10-11,13H,4-9H2,1-3H3. The van der Waals surface area contributed by atoms with Gasteiger partial charge in [0.1, 0.15) is 0 Å². The van der Waals surface area contributed by atoms with Gasteiger partial charge in [-0.05, 0) is 32.4 Å². The van der Waals surface area contributed by atoms with Gasteiger partial charge < -0.3 is 15.0 Å². The van der Waals surface area contributed by atoms with E-state index in [4.69, 9.17) is 4.74 Å². The molecule has 0 aromatic heterocycles. The van der Waals surface area contributed by atoms with Crippen LogP contribution in [0.5, 0.6) is 0 Å². The molecule has 16 heavy (non-hydrogen) atoms. The van der Waals surface area contributed by atoms with Gasteiger partial charge in [0.15, 0.2) is 0 Å². The van der Waals surface area contributed by atoms with E-state index in [0.717, 1.165) is 26.1 Å². The van der Waals surface area contributed by atoms with Gasteiger partial charge in [0.05, 0.1) is 12.5 Å². The number of nitrogens with one attached hydrogen (secondary N) is 1. The fourth-order valence-electron chi connectivity index (χ4n) is 2.35. The highest BCUT2D eigenvalue weighted by Crippen LogP contribution is 2.17. The molecule has 0 bridgehead atoms. The zero-order valence-electron chi connectivity index (χ0n) is 10.7. The van der Waals surface area contributed by atoms with Crippen LogP contribution in [0.15, 0.2) is 0 Å². The molecule has 1 N–H and O–H groups in total. The predicted octanol–water partition coefficient (Wildman–Crippen LogP) is 0.727. The third-order valence-electron chi connectivity index (χ3n) is 3.16. The third kappa shape index (κ3) is 3.76. The number of rotatable bonds is 5. The van der Waals surface area contributed by atoms with Crippen molar-refractivity contribution in [2.45, 2.75) is 19.8 Å². The fraction of sp³-hybridized carbons (Fsp3) is 0.917. The summed E-state index contributed by atoms with van der Waals surface area (Å²) < 4.78 is 5.03. The summed E-state index contributed by atoms with van der Waals surface area (Å²) in [6.07, 6.45) is 2.35. The van der Waals surface area contributed by atoms with Gasteiger partial charge in [-0.15, -0.1) is 0 Å². The van der Waals surface area contributed by atoms with E-state index < -0.39 is 0 Å². The van der Waals surface area contributed by atoms with Gasteiger partial charge in [-0.2, -0.15) is 0 Å². The van der Waals surface area contributed by atoms with Crippen LogP contribution in [-0.4, -0.2) is 51.2 Å². The van der Waals surface area contributed by atoms with Crippen LogP contribution in [0.2, 0.25) is 0 Å². The molecular weight excluding hydrogens is 204 g/mol. The maximum atomic E-state index is 12.1. The molecule has 94 valence electrons. The zero-order valence-corrected chi connectivity index (χ0v) is 10.7. The minimum Gasteiger partial charge on any atom is -0.384 e. The largest absolute Gasteiger partial charge is 0.384 e. The number of ether oxygens (including phenoxy) is 1. The normalized spacial score (nSPS) is 23.2. The molecule has 2 unspecified atom stereocenters. The monoisotopic (exact) mass is 228 g/mol. The van der Waals surface area contributed by atoms with E-state index in [1.54, 1.807) is 7.11 Å². The predicted molar refractivity (Wildman–Crippen MR) is 64.3 cm³/mol. The quantitative estimate of drug-likeness (QED) is 0.754.